The van der Waals surface area contributed by atoms with Crippen LogP contribution in [0.15, 0.2) is 11.8 Å². The van der Waals surface area contributed by atoms with Crippen molar-refractivity contribution in [1.29, 1.82) is 0 Å². The fourth-order valence-corrected chi connectivity index (χ4v) is 0.703. The van der Waals surface area contributed by atoms with Crippen molar-refractivity contribution in [3.05, 3.63) is 11.8 Å². The van der Waals surface area contributed by atoms with Crippen LogP contribution < -0.4 is 0 Å². The molecule has 0 saturated heterocycles. The third kappa shape index (κ3) is 3.34. The van der Waals surface area contributed by atoms with Gasteiger partial charge in [-0.3, -0.25) is 4.79 Å². The first-order valence-corrected chi connectivity index (χ1v) is 4.05. The van der Waals surface area contributed by atoms with Gasteiger partial charge in [0.1, 0.15) is 0 Å². The Balaban J connectivity index is 4.81. The van der Waals surface area contributed by atoms with Gasteiger partial charge in [0.15, 0.2) is 0 Å². The van der Waals surface area contributed by atoms with Crippen LogP contribution in [0, 0.1) is 0 Å². The minimum Gasteiger partial charge on any atom is -0.502 e. The fraction of sp³-hybridized carbons (Fsp3) is 0.556. The van der Waals surface area contributed by atoms with Crippen LogP contribution in [0.2, 0.25) is 0 Å². The highest BCUT2D eigenvalue weighted by Gasteiger charge is 2.32. The maximum atomic E-state index is 11.5. The van der Waals surface area contributed by atoms with Gasteiger partial charge in [-0.25, -0.2) is 4.79 Å². The molecule has 6 heteroatoms. The second kappa shape index (κ2) is 5.47. The van der Waals surface area contributed by atoms with Crippen molar-refractivity contribution in [2.75, 3.05) is 21.3 Å². The Labute approximate surface area is 87.4 Å². The number of aliphatic hydroxyl groups is 1. The van der Waals surface area contributed by atoms with Crippen LogP contribution in [-0.2, 0) is 23.8 Å². The minimum absolute atomic E-state index is 0.693. The molecule has 0 aliphatic carbocycles. The summed E-state index contributed by atoms with van der Waals surface area (Å²) in [7, 11) is 3.62. The summed E-state index contributed by atoms with van der Waals surface area (Å²) < 4.78 is 13.8. The Kier molecular flexibility index (Phi) is 4.96. The maximum Gasteiger partial charge on any atom is 0.373 e. The lowest BCUT2D eigenvalue weighted by Gasteiger charge is -2.22. The summed E-state index contributed by atoms with van der Waals surface area (Å²) in [6.45, 7) is 1.36. The van der Waals surface area contributed by atoms with E-state index in [1.54, 1.807) is 0 Å². The largest absolute Gasteiger partial charge is 0.502 e. The molecule has 0 aliphatic rings. The number of hydrogen-bond donors (Lipinski definition) is 1. The van der Waals surface area contributed by atoms with Crippen LogP contribution in [0.1, 0.15) is 6.92 Å². The Hall–Kier alpha value is -1.40. The minimum atomic E-state index is -1.53. The van der Waals surface area contributed by atoms with Crippen LogP contribution in [0.5, 0.6) is 0 Å². The van der Waals surface area contributed by atoms with Crippen LogP contribution in [0.3, 0.4) is 0 Å². The number of ketones is 1. The number of hydrogen-bond acceptors (Lipinski definition) is 6. The molecule has 0 radical (unpaired) electrons. The molecule has 0 spiro atoms. The van der Waals surface area contributed by atoms with Crippen LogP contribution in [-0.4, -0.2) is 44.0 Å². The summed E-state index contributed by atoms with van der Waals surface area (Å²) in [5, 5.41) is 9.10. The first-order chi connectivity index (χ1) is 6.91. The summed E-state index contributed by atoms with van der Waals surface area (Å²) >= 11 is 0. The SMILES string of the molecule is COC(=O)/C(O)=C/C(=O)C(C)(OC)OC. The van der Waals surface area contributed by atoms with Crippen molar-refractivity contribution >= 4 is 11.8 Å². The zero-order chi connectivity index (χ0) is 12.1. The Morgan fingerprint density at radius 3 is 2.00 bits per heavy atom. The van der Waals surface area contributed by atoms with E-state index in [-0.39, 0.29) is 0 Å². The number of ether oxygens (including phenoxy) is 3. The number of aliphatic hydroxyl groups excluding tert-OH is 1. The van der Waals surface area contributed by atoms with Crippen molar-refractivity contribution in [2.24, 2.45) is 0 Å². The molecular weight excluding hydrogens is 204 g/mol. The molecule has 15 heavy (non-hydrogen) atoms. The third-order valence-electron chi connectivity index (χ3n) is 1.89. The van der Waals surface area contributed by atoms with Gasteiger partial charge in [-0.2, -0.15) is 0 Å². The second-order valence-corrected chi connectivity index (χ2v) is 2.74. The molecule has 0 rings (SSSR count). The number of carbonyl (C=O) groups excluding carboxylic acids is 2. The zero-order valence-corrected chi connectivity index (χ0v) is 9.07. The fourth-order valence-electron chi connectivity index (χ4n) is 0.703. The van der Waals surface area contributed by atoms with E-state index in [4.69, 9.17) is 14.6 Å². The van der Waals surface area contributed by atoms with Gasteiger partial charge in [0.2, 0.25) is 17.3 Å². The van der Waals surface area contributed by atoms with E-state index in [1.165, 1.54) is 21.1 Å². The van der Waals surface area contributed by atoms with E-state index >= 15 is 0 Å². The molecule has 0 aromatic heterocycles. The highest BCUT2D eigenvalue weighted by molar-refractivity contribution is 6.01. The van der Waals surface area contributed by atoms with Gasteiger partial charge in [0.25, 0.3) is 0 Å². The first kappa shape index (κ1) is 13.6. The van der Waals surface area contributed by atoms with E-state index in [0.29, 0.717) is 6.08 Å². The molecule has 0 aliphatic heterocycles. The van der Waals surface area contributed by atoms with Gasteiger partial charge in [-0.1, -0.05) is 0 Å². The van der Waals surface area contributed by atoms with Crippen LogP contribution in [0.25, 0.3) is 0 Å². The molecule has 0 fully saturated rings. The molecular formula is C9H14O6. The number of rotatable bonds is 5. The van der Waals surface area contributed by atoms with E-state index in [0.717, 1.165) is 7.11 Å². The molecule has 6 nitrogen and oxygen atoms in total. The molecule has 86 valence electrons. The van der Waals surface area contributed by atoms with Crippen molar-refractivity contribution in [3.63, 3.8) is 0 Å². The Morgan fingerprint density at radius 1 is 1.20 bits per heavy atom. The number of carbonyl (C=O) groups is 2. The molecule has 0 atom stereocenters. The lowest BCUT2D eigenvalue weighted by Crippen LogP contribution is -2.38. The maximum absolute atomic E-state index is 11.5. The third-order valence-corrected chi connectivity index (χ3v) is 1.89. The lowest BCUT2D eigenvalue weighted by atomic mass is 10.2. The van der Waals surface area contributed by atoms with Gasteiger partial charge in [0, 0.05) is 20.3 Å². The summed E-state index contributed by atoms with van der Waals surface area (Å²) in [6, 6.07) is 0. The topological polar surface area (TPSA) is 82.1 Å². The Morgan fingerprint density at radius 2 is 1.67 bits per heavy atom. The predicted octanol–water partition coefficient (Wildman–Crippen LogP) is 0.179. The quantitative estimate of drug-likeness (QED) is 0.307. The van der Waals surface area contributed by atoms with Crippen molar-refractivity contribution in [3.8, 4) is 0 Å². The van der Waals surface area contributed by atoms with Gasteiger partial charge in [0.05, 0.1) is 7.11 Å². The van der Waals surface area contributed by atoms with E-state index in [9.17, 15) is 9.59 Å². The molecule has 0 bridgehead atoms. The molecule has 0 aromatic carbocycles. The van der Waals surface area contributed by atoms with Gasteiger partial charge < -0.3 is 19.3 Å². The van der Waals surface area contributed by atoms with Gasteiger partial charge >= 0.3 is 5.97 Å². The van der Waals surface area contributed by atoms with Gasteiger partial charge in [-0.05, 0) is 6.92 Å². The van der Waals surface area contributed by atoms with E-state index in [1.807, 2.05) is 0 Å². The smallest absolute Gasteiger partial charge is 0.373 e. The zero-order valence-electron chi connectivity index (χ0n) is 9.07. The van der Waals surface area contributed by atoms with Crippen LogP contribution in [0.4, 0.5) is 0 Å². The lowest BCUT2D eigenvalue weighted by molar-refractivity contribution is -0.194. The molecule has 0 aromatic rings. The van der Waals surface area contributed by atoms with Crippen molar-refractivity contribution < 1.29 is 28.9 Å². The summed E-state index contributed by atoms with van der Waals surface area (Å²) in [5.41, 5.74) is 0. The average Bonchev–Trinajstić information content (AvgIpc) is 2.26. The van der Waals surface area contributed by atoms with E-state index < -0.39 is 23.3 Å². The normalized spacial score (nSPS) is 12.4. The monoisotopic (exact) mass is 218 g/mol. The number of methoxy groups -OCH3 is 3. The van der Waals surface area contributed by atoms with E-state index in [2.05, 4.69) is 4.74 Å². The molecule has 0 amide bonds. The highest BCUT2D eigenvalue weighted by Crippen LogP contribution is 2.13. The summed E-state index contributed by atoms with van der Waals surface area (Å²) in [5.74, 6) is -4.03. The second-order valence-electron chi connectivity index (χ2n) is 2.74. The molecule has 0 unspecified atom stereocenters. The molecule has 0 heterocycles. The first-order valence-electron chi connectivity index (χ1n) is 4.05. The van der Waals surface area contributed by atoms with Gasteiger partial charge in [-0.15, -0.1) is 0 Å². The standard InChI is InChI=1S/C9H14O6/c1-9(14-3,15-4)7(11)5-6(10)8(12)13-2/h5,10H,1-4H3/b6-5-. The van der Waals surface area contributed by atoms with Crippen LogP contribution >= 0.6 is 0 Å². The molecule has 0 saturated carbocycles. The molecule has 1 N–H and O–H groups in total. The summed E-state index contributed by atoms with van der Waals surface area (Å²) in [6.07, 6.45) is 0.693. The summed E-state index contributed by atoms with van der Waals surface area (Å²) in [4.78, 5) is 22.2. The predicted molar refractivity (Wildman–Crippen MR) is 50.2 cm³/mol. The van der Waals surface area contributed by atoms with Crippen molar-refractivity contribution in [2.45, 2.75) is 12.7 Å². The highest BCUT2D eigenvalue weighted by atomic mass is 16.7. The Bertz CT molecular complexity index is 276. The van der Waals surface area contributed by atoms with Crippen molar-refractivity contribution in [1.82, 2.24) is 0 Å². The average molecular weight is 218 g/mol. The number of esters is 1.